The minimum absolute atomic E-state index is 0.0728. The van der Waals surface area contributed by atoms with Gasteiger partial charge >= 0.3 is 0 Å². The molecular formula is C14H21N3O3. The van der Waals surface area contributed by atoms with Crippen LogP contribution in [0.2, 0.25) is 0 Å². The molecule has 0 saturated carbocycles. The first-order valence-electron chi connectivity index (χ1n) is 6.96. The van der Waals surface area contributed by atoms with Crippen molar-refractivity contribution in [2.24, 2.45) is 0 Å². The molecule has 2 N–H and O–H groups in total. The molecule has 0 bridgehead atoms. The minimum atomic E-state index is -0.147. The van der Waals surface area contributed by atoms with E-state index in [-0.39, 0.29) is 12.0 Å². The summed E-state index contributed by atoms with van der Waals surface area (Å²) in [5.41, 5.74) is 1.36. The molecule has 6 heteroatoms. The van der Waals surface area contributed by atoms with Crippen molar-refractivity contribution < 1.29 is 14.3 Å². The summed E-state index contributed by atoms with van der Waals surface area (Å²) in [5, 5.41) is 6.09. The van der Waals surface area contributed by atoms with Gasteiger partial charge in [0, 0.05) is 25.5 Å². The van der Waals surface area contributed by atoms with Crippen LogP contribution in [0.3, 0.4) is 0 Å². The highest BCUT2D eigenvalue weighted by Gasteiger charge is 2.17. The zero-order chi connectivity index (χ0) is 14.2. The predicted molar refractivity (Wildman–Crippen MR) is 75.9 cm³/mol. The van der Waals surface area contributed by atoms with Gasteiger partial charge in [0.15, 0.2) is 0 Å². The van der Waals surface area contributed by atoms with Gasteiger partial charge in [0.25, 0.3) is 5.91 Å². The lowest BCUT2D eigenvalue weighted by atomic mass is 10.2. The number of nitrogens with one attached hydrogen (secondary N) is 2. The van der Waals surface area contributed by atoms with Crippen LogP contribution in [0.4, 0.5) is 5.69 Å². The molecule has 1 amide bonds. The first kappa shape index (κ1) is 14.7. The van der Waals surface area contributed by atoms with Crippen LogP contribution >= 0.6 is 0 Å². The summed E-state index contributed by atoms with van der Waals surface area (Å²) in [6.07, 6.45) is 4.17. The molecule has 0 aromatic carbocycles. The van der Waals surface area contributed by atoms with Crippen molar-refractivity contribution in [3.63, 3.8) is 0 Å². The number of aromatic nitrogens is 1. The average Bonchev–Trinajstić information content (AvgIpc) is 2.52. The number of carbonyl (C=O) groups excluding carboxylic acids is 1. The number of hydrogen-bond acceptors (Lipinski definition) is 5. The Morgan fingerprint density at radius 2 is 2.40 bits per heavy atom. The van der Waals surface area contributed by atoms with Crippen LogP contribution in [-0.2, 0) is 9.47 Å². The lowest BCUT2D eigenvalue weighted by Gasteiger charge is -2.23. The summed E-state index contributed by atoms with van der Waals surface area (Å²) in [7, 11) is 0. The topological polar surface area (TPSA) is 72.5 Å². The summed E-state index contributed by atoms with van der Waals surface area (Å²) in [6, 6.07) is 1.81. The Morgan fingerprint density at radius 1 is 1.50 bits per heavy atom. The van der Waals surface area contributed by atoms with Crippen LogP contribution in [0.5, 0.6) is 0 Å². The third-order valence-electron chi connectivity index (χ3n) is 3.01. The lowest BCUT2D eigenvalue weighted by Crippen LogP contribution is -2.39. The van der Waals surface area contributed by atoms with E-state index in [1.807, 2.05) is 6.07 Å². The van der Waals surface area contributed by atoms with Crippen LogP contribution in [0.1, 0.15) is 23.7 Å². The maximum atomic E-state index is 12.2. The molecule has 1 aromatic rings. The molecule has 110 valence electrons. The zero-order valence-corrected chi connectivity index (χ0v) is 11.7. The van der Waals surface area contributed by atoms with Gasteiger partial charge in [-0.15, -0.1) is 0 Å². The number of anilines is 1. The Bertz CT molecular complexity index is 433. The van der Waals surface area contributed by atoms with E-state index in [1.165, 1.54) is 0 Å². The zero-order valence-electron chi connectivity index (χ0n) is 11.7. The normalized spacial score (nSPS) is 18.6. The summed E-state index contributed by atoms with van der Waals surface area (Å²) >= 11 is 0. The number of nitrogens with zero attached hydrogens (tertiary/aromatic N) is 1. The number of hydrogen-bond donors (Lipinski definition) is 2. The molecule has 1 aliphatic rings. The van der Waals surface area contributed by atoms with Crippen LogP contribution in [0.15, 0.2) is 18.5 Å². The molecule has 2 heterocycles. The third kappa shape index (κ3) is 4.18. The quantitative estimate of drug-likeness (QED) is 0.814. The van der Waals surface area contributed by atoms with Gasteiger partial charge in [-0.3, -0.25) is 9.78 Å². The SMILES string of the molecule is CCCNc1ccncc1C(=O)NCC1COCCO1. The first-order chi connectivity index (χ1) is 9.81. The van der Waals surface area contributed by atoms with Crippen molar-refractivity contribution in [2.45, 2.75) is 19.4 Å². The molecule has 1 fully saturated rings. The highest BCUT2D eigenvalue weighted by Crippen LogP contribution is 2.13. The molecule has 1 aliphatic heterocycles. The second-order valence-corrected chi connectivity index (χ2v) is 4.63. The minimum Gasteiger partial charge on any atom is -0.384 e. The van der Waals surface area contributed by atoms with Crippen molar-refractivity contribution in [2.75, 3.05) is 38.2 Å². The van der Waals surface area contributed by atoms with E-state index in [9.17, 15) is 4.79 Å². The number of amides is 1. The van der Waals surface area contributed by atoms with E-state index in [1.54, 1.807) is 12.4 Å². The van der Waals surface area contributed by atoms with Crippen molar-refractivity contribution in [1.82, 2.24) is 10.3 Å². The fourth-order valence-electron chi connectivity index (χ4n) is 1.95. The molecule has 0 radical (unpaired) electrons. The first-order valence-corrected chi connectivity index (χ1v) is 6.96. The third-order valence-corrected chi connectivity index (χ3v) is 3.01. The van der Waals surface area contributed by atoms with Crippen LogP contribution < -0.4 is 10.6 Å². The van der Waals surface area contributed by atoms with E-state index < -0.39 is 0 Å². The van der Waals surface area contributed by atoms with E-state index in [0.29, 0.717) is 31.9 Å². The highest BCUT2D eigenvalue weighted by molar-refractivity contribution is 5.99. The molecule has 0 aliphatic carbocycles. The van der Waals surface area contributed by atoms with Gasteiger partial charge in [-0.05, 0) is 12.5 Å². The molecule has 1 unspecified atom stereocenters. The summed E-state index contributed by atoms with van der Waals surface area (Å²) < 4.78 is 10.8. The van der Waals surface area contributed by atoms with Gasteiger partial charge in [-0.25, -0.2) is 0 Å². The van der Waals surface area contributed by atoms with Gasteiger partial charge in [-0.1, -0.05) is 6.92 Å². The molecule has 1 saturated heterocycles. The number of carbonyl (C=O) groups is 1. The van der Waals surface area contributed by atoms with E-state index in [2.05, 4.69) is 22.5 Å². The maximum absolute atomic E-state index is 12.2. The van der Waals surface area contributed by atoms with Crippen LogP contribution in [0, 0.1) is 0 Å². The lowest BCUT2D eigenvalue weighted by molar-refractivity contribution is -0.0855. The molecule has 2 rings (SSSR count). The molecule has 6 nitrogen and oxygen atoms in total. The van der Waals surface area contributed by atoms with E-state index in [4.69, 9.17) is 9.47 Å². The number of ether oxygens (including phenoxy) is 2. The Hall–Kier alpha value is -1.66. The fraction of sp³-hybridized carbons (Fsp3) is 0.571. The summed E-state index contributed by atoms with van der Waals surface area (Å²) in [5.74, 6) is -0.147. The molecule has 0 spiro atoms. The van der Waals surface area contributed by atoms with Crippen molar-refractivity contribution in [1.29, 1.82) is 0 Å². The Labute approximate surface area is 118 Å². The largest absolute Gasteiger partial charge is 0.384 e. The van der Waals surface area contributed by atoms with Gasteiger partial charge in [0.05, 0.1) is 37.2 Å². The predicted octanol–water partition coefficient (Wildman–Crippen LogP) is 1.05. The summed E-state index contributed by atoms with van der Waals surface area (Å²) in [4.78, 5) is 16.2. The van der Waals surface area contributed by atoms with Crippen molar-refractivity contribution in [3.8, 4) is 0 Å². The number of pyridine rings is 1. The Balaban J connectivity index is 1.90. The van der Waals surface area contributed by atoms with Gasteiger partial charge < -0.3 is 20.1 Å². The van der Waals surface area contributed by atoms with Crippen molar-refractivity contribution >= 4 is 11.6 Å². The second kappa shape index (κ2) is 7.81. The van der Waals surface area contributed by atoms with Gasteiger partial charge in [0.1, 0.15) is 0 Å². The number of rotatable bonds is 6. The smallest absolute Gasteiger partial charge is 0.255 e. The van der Waals surface area contributed by atoms with Gasteiger partial charge in [-0.2, -0.15) is 0 Å². The Kier molecular flexibility index (Phi) is 5.76. The van der Waals surface area contributed by atoms with E-state index >= 15 is 0 Å². The molecule has 1 atom stereocenters. The molecule has 1 aromatic heterocycles. The average molecular weight is 279 g/mol. The monoisotopic (exact) mass is 279 g/mol. The fourth-order valence-corrected chi connectivity index (χ4v) is 1.95. The molecule has 20 heavy (non-hydrogen) atoms. The summed E-state index contributed by atoms with van der Waals surface area (Å²) in [6.45, 7) is 5.07. The molecular weight excluding hydrogens is 258 g/mol. The maximum Gasteiger partial charge on any atom is 0.255 e. The van der Waals surface area contributed by atoms with Crippen LogP contribution in [0.25, 0.3) is 0 Å². The van der Waals surface area contributed by atoms with Gasteiger partial charge in [0.2, 0.25) is 0 Å². The standard InChI is InChI=1S/C14H21N3O3/c1-2-4-16-13-3-5-15-9-12(13)14(18)17-8-11-10-19-6-7-20-11/h3,5,9,11H,2,4,6-8,10H2,1H3,(H,15,16)(H,17,18). The highest BCUT2D eigenvalue weighted by atomic mass is 16.6. The van der Waals surface area contributed by atoms with Crippen molar-refractivity contribution in [3.05, 3.63) is 24.0 Å². The second-order valence-electron chi connectivity index (χ2n) is 4.63. The Morgan fingerprint density at radius 3 is 3.15 bits per heavy atom. The van der Waals surface area contributed by atoms with Crippen LogP contribution in [-0.4, -0.2) is 49.9 Å². The van der Waals surface area contributed by atoms with E-state index in [0.717, 1.165) is 18.7 Å².